The average Bonchev–Trinajstić information content (AvgIpc) is 2.65. The predicted molar refractivity (Wildman–Crippen MR) is 104 cm³/mol. The maximum absolute atomic E-state index is 12.2. The fourth-order valence-corrected chi connectivity index (χ4v) is 3.62. The summed E-state index contributed by atoms with van der Waals surface area (Å²) in [4.78, 5) is 19.4. The third-order valence-electron chi connectivity index (χ3n) is 5.26. The maximum atomic E-state index is 12.2. The molecule has 2 aliphatic heterocycles. The number of hydrogen-bond donors (Lipinski definition) is 2. The lowest BCUT2D eigenvalue weighted by molar-refractivity contribution is -0.154. The van der Waals surface area contributed by atoms with Gasteiger partial charge in [0.25, 0.3) is 0 Å². The molecule has 0 atom stereocenters. The summed E-state index contributed by atoms with van der Waals surface area (Å²) in [5.41, 5.74) is 2.08. The number of pyridine rings is 2. The van der Waals surface area contributed by atoms with Crippen LogP contribution in [0.5, 0.6) is 5.88 Å². The second kappa shape index (κ2) is 6.94. The van der Waals surface area contributed by atoms with Crippen LogP contribution < -0.4 is 20.3 Å². The Labute approximate surface area is 169 Å². The van der Waals surface area contributed by atoms with Crippen LogP contribution in [0.1, 0.15) is 6.42 Å². The molecular formula is C19H18F3N7O. The first kappa shape index (κ1) is 18.8. The average molecular weight is 417 g/mol. The molecule has 2 saturated heterocycles. The van der Waals surface area contributed by atoms with Gasteiger partial charge in [-0.3, -0.25) is 0 Å². The molecule has 0 saturated carbocycles. The van der Waals surface area contributed by atoms with Crippen LogP contribution >= 0.6 is 0 Å². The van der Waals surface area contributed by atoms with E-state index < -0.39 is 12.8 Å². The van der Waals surface area contributed by atoms with E-state index in [0.29, 0.717) is 22.5 Å². The molecular weight excluding hydrogens is 399 g/mol. The zero-order chi connectivity index (χ0) is 20.8. The molecule has 0 aromatic carbocycles. The summed E-state index contributed by atoms with van der Waals surface area (Å²) < 4.78 is 41.4. The Bertz CT molecular complexity index is 1060. The third kappa shape index (κ3) is 3.67. The Hall–Kier alpha value is -3.21. The minimum atomic E-state index is -4.41. The molecule has 8 nitrogen and oxygen atoms in total. The number of nitrogens with zero attached hydrogens (tertiary/aromatic N) is 5. The summed E-state index contributed by atoms with van der Waals surface area (Å²) >= 11 is 0. The van der Waals surface area contributed by atoms with Crippen LogP contribution in [0, 0.1) is 0 Å². The van der Waals surface area contributed by atoms with Gasteiger partial charge in [0.15, 0.2) is 12.4 Å². The van der Waals surface area contributed by atoms with Crippen molar-refractivity contribution < 1.29 is 17.9 Å². The van der Waals surface area contributed by atoms with Gasteiger partial charge in [0.2, 0.25) is 5.88 Å². The number of rotatable bonds is 5. The van der Waals surface area contributed by atoms with Gasteiger partial charge in [-0.1, -0.05) is 0 Å². The summed E-state index contributed by atoms with van der Waals surface area (Å²) in [7, 11) is 0. The van der Waals surface area contributed by atoms with E-state index in [-0.39, 0.29) is 11.4 Å². The van der Waals surface area contributed by atoms with Gasteiger partial charge in [0, 0.05) is 19.2 Å². The molecule has 2 fully saturated rings. The zero-order valence-corrected chi connectivity index (χ0v) is 15.8. The first-order valence-electron chi connectivity index (χ1n) is 9.44. The van der Waals surface area contributed by atoms with E-state index >= 15 is 0 Å². The number of ether oxygens (including phenoxy) is 1. The summed E-state index contributed by atoms with van der Waals surface area (Å²) in [5.74, 6) is 1.24. The van der Waals surface area contributed by atoms with Gasteiger partial charge in [0.05, 0.1) is 22.9 Å². The van der Waals surface area contributed by atoms with Crippen LogP contribution in [-0.4, -0.2) is 57.9 Å². The zero-order valence-electron chi connectivity index (χ0n) is 15.8. The molecule has 1 spiro atoms. The first-order chi connectivity index (χ1) is 14.4. The summed E-state index contributed by atoms with van der Waals surface area (Å²) in [6.07, 6.45) is -0.419. The molecule has 5 heterocycles. The molecule has 5 rings (SSSR count). The van der Waals surface area contributed by atoms with Gasteiger partial charge >= 0.3 is 6.18 Å². The smallest absolute Gasteiger partial charge is 0.422 e. The molecule has 0 aliphatic carbocycles. The van der Waals surface area contributed by atoms with E-state index in [1.165, 1.54) is 25.0 Å². The monoisotopic (exact) mass is 417 g/mol. The van der Waals surface area contributed by atoms with Crippen molar-refractivity contribution >= 4 is 28.4 Å². The van der Waals surface area contributed by atoms with Gasteiger partial charge in [-0.05, 0) is 31.2 Å². The SMILES string of the molecule is FC(F)(F)COc1ccc(Nc2ncnc3ccc(N4CC5(CCN5)C4)nc23)cn1. The molecule has 11 heteroatoms. The topological polar surface area (TPSA) is 88.1 Å². The maximum Gasteiger partial charge on any atom is 0.422 e. The molecule has 3 aromatic heterocycles. The Morgan fingerprint density at radius 3 is 2.63 bits per heavy atom. The van der Waals surface area contributed by atoms with E-state index in [1.807, 2.05) is 12.1 Å². The van der Waals surface area contributed by atoms with Gasteiger partial charge in [0.1, 0.15) is 17.7 Å². The summed E-state index contributed by atoms with van der Waals surface area (Å²) in [6.45, 7) is 1.52. The first-order valence-corrected chi connectivity index (χ1v) is 9.44. The van der Waals surface area contributed by atoms with Crippen molar-refractivity contribution in [2.75, 3.05) is 36.5 Å². The molecule has 3 aromatic rings. The Morgan fingerprint density at radius 2 is 1.97 bits per heavy atom. The lowest BCUT2D eigenvalue weighted by Gasteiger charge is -2.56. The minimum absolute atomic E-state index is 0.109. The fourth-order valence-electron chi connectivity index (χ4n) is 3.62. The number of fused-ring (bicyclic) bond motifs is 1. The van der Waals surface area contributed by atoms with Gasteiger partial charge in [-0.2, -0.15) is 13.2 Å². The van der Waals surface area contributed by atoms with Gasteiger partial charge in [-0.25, -0.2) is 19.9 Å². The lowest BCUT2D eigenvalue weighted by Crippen LogP contribution is -2.76. The summed E-state index contributed by atoms with van der Waals surface area (Å²) in [5, 5.41) is 6.58. The Balaban J connectivity index is 1.33. The number of halogens is 3. The van der Waals surface area contributed by atoms with Crippen molar-refractivity contribution in [3.63, 3.8) is 0 Å². The second-order valence-electron chi connectivity index (χ2n) is 7.49. The third-order valence-corrected chi connectivity index (χ3v) is 5.26. The van der Waals surface area contributed by atoms with Crippen molar-refractivity contribution in [1.29, 1.82) is 0 Å². The van der Waals surface area contributed by atoms with Crippen LogP contribution in [0.15, 0.2) is 36.8 Å². The molecule has 0 radical (unpaired) electrons. The van der Waals surface area contributed by atoms with E-state index in [0.717, 1.165) is 25.5 Å². The van der Waals surface area contributed by atoms with Crippen molar-refractivity contribution in [2.45, 2.75) is 18.1 Å². The summed E-state index contributed by atoms with van der Waals surface area (Å²) in [6, 6.07) is 6.77. The van der Waals surface area contributed by atoms with E-state index in [2.05, 4.69) is 35.2 Å². The highest BCUT2D eigenvalue weighted by atomic mass is 19.4. The van der Waals surface area contributed by atoms with Gasteiger partial charge < -0.3 is 20.3 Å². The van der Waals surface area contributed by atoms with Crippen LogP contribution in [0.2, 0.25) is 0 Å². The van der Waals surface area contributed by atoms with Crippen LogP contribution in [-0.2, 0) is 0 Å². The fraction of sp³-hybridized carbons (Fsp3) is 0.368. The predicted octanol–water partition coefficient (Wildman–Crippen LogP) is 2.66. The highest BCUT2D eigenvalue weighted by Crippen LogP contribution is 2.34. The van der Waals surface area contributed by atoms with Gasteiger partial charge in [-0.15, -0.1) is 0 Å². The molecule has 0 unspecified atom stereocenters. The number of aromatic nitrogens is 4. The molecule has 0 amide bonds. The number of anilines is 3. The Morgan fingerprint density at radius 1 is 1.13 bits per heavy atom. The van der Waals surface area contributed by atoms with Crippen molar-refractivity contribution in [2.24, 2.45) is 0 Å². The highest BCUT2D eigenvalue weighted by molar-refractivity contribution is 5.88. The normalized spacial score (nSPS) is 17.5. The largest absolute Gasteiger partial charge is 0.468 e. The van der Waals surface area contributed by atoms with Crippen LogP contribution in [0.4, 0.5) is 30.5 Å². The second-order valence-corrected chi connectivity index (χ2v) is 7.49. The lowest BCUT2D eigenvalue weighted by atomic mass is 9.80. The molecule has 30 heavy (non-hydrogen) atoms. The number of alkyl halides is 3. The molecule has 0 bridgehead atoms. The van der Waals surface area contributed by atoms with E-state index in [1.54, 1.807) is 6.07 Å². The standard InChI is InChI=1S/C19H18F3N7O/c20-19(21,22)10-30-15-4-1-12(7-23-15)27-17-16-13(24-11-25-17)2-3-14(28-16)29-8-18(9-29)5-6-26-18/h1-4,7,11,26H,5-6,8-10H2,(H,24,25,27). The van der Waals surface area contributed by atoms with Crippen LogP contribution in [0.3, 0.4) is 0 Å². The van der Waals surface area contributed by atoms with Crippen molar-refractivity contribution in [3.05, 3.63) is 36.8 Å². The Kier molecular flexibility index (Phi) is 4.35. The minimum Gasteiger partial charge on any atom is -0.468 e. The molecule has 2 aliphatic rings. The van der Waals surface area contributed by atoms with E-state index in [9.17, 15) is 13.2 Å². The number of nitrogens with one attached hydrogen (secondary N) is 2. The molecule has 156 valence electrons. The van der Waals surface area contributed by atoms with Crippen LogP contribution in [0.25, 0.3) is 11.0 Å². The number of hydrogen-bond acceptors (Lipinski definition) is 8. The quantitative estimate of drug-likeness (QED) is 0.655. The molecule has 2 N–H and O–H groups in total. The highest BCUT2D eigenvalue weighted by Gasteiger charge is 2.47. The van der Waals surface area contributed by atoms with Crippen molar-refractivity contribution in [1.82, 2.24) is 25.3 Å². The van der Waals surface area contributed by atoms with E-state index in [4.69, 9.17) is 4.98 Å². The van der Waals surface area contributed by atoms with Crippen molar-refractivity contribution in [3.8, 4) is 5.88 Å².